The predicted octanol–water partition coefficient (Wildman–Crippen LogP) is 4.33. The number of aromatic nitrogens is 2. The second-order valence-electron chi connectivity index (χ2n) is 9.45. The molecule has 4 aromatic rings. The van der Waals surface area contributed by atoms with Gasteiger partial charge in [-0.1, -0.05) is 54.6 Å². The summed E-state index contributed by atoms with van der Waals surface area (Å²) in [5.74, 6) is 2.95. The van der Waals surface area contributed by atoms with E-state index in [1.54, 1.807) is 6.21 Å². The molecular weight excluding hydrogens is 492 g/mol. The molecule has 0 radical (unpaired) electrons. The zero-order valence-corrected chi connectivity index (χ0v) is 21.8. The molecule has 1 aromatic heterocycles. The standard InChI is InChI=1S/C30H32N6O3/c1-3-10-26-23(6-1)8-5-9-25(26)22-39-27-11-4-2-7-24(27)21-31-34-28-20-29(35-12-16-37-17-13-35)33-30(32-28)36-14-18-38-19-15-36/h1-11,20-21H,12-19,22H2,(H,32,33,34). The van der Waals surface area contributed by atoms with Crippen LogP contribution in [-0.4, -0.2) is 68.8 Å². The molecule has 0 bridgehead atoms. The minimum atomic E-state index is 0.470. The molecule has 3 aromatic carbocycles. The molecule has 0 aliphatic carbocycles. The van der Waals surface area contributed by atoms with Crippen LogP contribution >= 0.6 is 0 Å². The van der Waals surface area contributed by atoms with Crippen molar-refractivity contribution in [2.24, 2.45) is 5.10 Å². The molecule has 6 rings (SSSR count). The van der Waals surface area contributed by atoms with E-state index in [2.05, 4.69) is 62.8 Å². The Balaban J connectivity index is 1.19. The maximum Gasteiger partial charge on any atom is 0.229 e. The average molecular weight is 525 g/mol. The SMILES string of the molecule is C(=NNc1cc(N2CCOCC2)nc(N2CCOCC2)n1)c1ccccc1OCc1cccc2ccccc12. The molecule has 2 aliphatic rings. The van der Waals surface area contributed by atoms with Gasteiger partial charge in [-0.15, -0.1) is 0 Å². The highest BCUT2D eigenvalue weighted by Gasteiger charge is 2.19. The van der Waals surface area contributed by atoms with Crippen molar-refractivity contribution < 1.29 is 14.2 Å². The highest BCUT2D eigenvalue weighted by Crippen LogP contribution is 2.24. The first-order chi connectivity index (χ1) is 19.3. The van der Waals surface area contributed by atoms with Crippen LogP contribution in [0.25, 0.3) is 10.8 Å². The van der Waals surface area contributed by atoms with Crippen molar-refractivity contribution in [3.05, 3.63) is 83.9 Å². The van der Waals surface area contributed by atoms with Gasteiger partial charge in [-0.05, 0) is 28.5 Å². The van der Waals surface area contributed by atoms with Crippen molar-refractivity contribution in [2.45, 2.75) is 6.61 Å². The van der Waals surface area contributed by atoms with Crippen molar-refractivity contribution >= 4 is 34.6 Å². The lowest BCUT2D eigenvalue weighted by Gasteiger charge is -2.31. The molecule has 0 saturated carbocycles. The summed E-state index contributed by atoms with van der Waals surface area (Å²) in [6.45, 7) is 6.29. The summed E-state index contributed by atoms with van der Waals surface area (Å²) >= 11 is 0. The number of hydrazone groups is 1. The van der Waals surface area contributed by atoms with Gasteiger partial charge < -0.3 is 24.0 Å². The molecule has 0 spiro atoms. The van der Waals surface area contributed by atoms with Crippen molar-refractivity contribution in [3.8, 4) is 5.75 Å². The number of nitrogens with one attached hydrogen (secondary N) is 1. The van der Waals surface area contributed by atoms with Crippen LogP contribution in [0.4, 0.5) is 17.6 Å². The van der Waals surface area contributed by atoms with E-state index in [0.29, 0.717) is 44.8 Å². The van der Waals surface area contributed by atoms with Crippen LogP contribution in [0.5, 0.6) is 5.75 Å². The van der Waals surface area contributed by atoms with Gasteiger partial charge in [0, 0.05) is 37.8 Å². The maximum atomic E-state index is 6.25. The first-order valence-corrected chi connectivity index (χ1v) is 13.4. The van der Waals surface area contributed by atoms with Crippen molar-refractivity contribution in [1.29, 1.82) is 0 Å². The Morgan fingerprint density at radius 2 is 1.54 bits per heavy atom. The summed E-state index contributed by atoms with van der Waals surface area (Å²) in [5, 5.41) is 6.92. The van der Waals surface area contributed by atoms with E-state index >= 15 is 0 Å². The molecule has 0 amide bonds. The molecule has 9 heteroatoms. The van der Waals surface area contributed by atoms with Crippen molar-refractivity contribution in [1.82, 2.24) is 9.97 Å². The van der Waals surface area contributed by atoms with E-state index in [9.17, 15) is 0 Å². The quantitative estimate of drug-likeness (QED) is 0.269. The average Bonchev–Trinajstić information content (AvgIpc) is 3.01. The Bertz CT molecular complexity index is 1390. The first-order valence-electron chi connectivity index (χ1n) is 13.4. The molecule has 9 nitrogen and oxygen atoms in total. The maximum absolute atomic E-state index is 6.25. The number of hydrogen-bond donors (Lipinski definition) is 1. The minimum absolute atomic E-state index is 0.470. The molecule has 200 valence electrons. The Hall–Kier alpha value is -4.21. The van der Waals surface area contributed by atoms with E-state index in [-0.39, 0.29) is 0 Å². The van der Waals surface area contributed by atoms with Crippen LogP contribution in [0.1, 0.15) is 11.1 Å². The highest BCUT2D eigenvalue weighted by molar-refractivity contribution is 5.86. The molecule has 1 N–H and O–H groups in total. The van der Waals surface area contributed by atoms with E-state index in [0.717, 1.165) is 48.9 Å². The lowest BCUT2D eigenvalue weighted by molar-refractivity contribution is 0.121. The second-order valence-corrected chi connectivity index (χ2v) is 9.45. The zero-order valence-electron chi connectivity index (χ0n) is 21.8. The summed E-state index contributed by atoms with van der Waals surface area (Å²) in [7, 11) is 0. The van der Waals surface area contributed by atoms with Gasteiger partial charge in [-0.25, -0.2) is 0 Å². The smallest absolute Gasteiger partial charge is 0.229 e. The van der Waals surface area contributed by atoms with Crippen LogP contribution in [-0.2, 0) is 16.1 Å². The third-order valence-electron chi connectivity index (χ3n) is 6.89. The Morgan fingerprint density at radius 1 is 0.821 bits per heavy atom. The number of hydrogen-bond acceptors (Lipinski definition) is 9. The monoisotopic (exact) mass is 524 g/mol. The number of para-hydroxylation sites is 1. The summed E-state index contributed by atoms with van der Waals surface area (Å²) in [4.78, 5) is 14.0. The topological polar surface area (TPSA) is 84.3 Å². The van der Waals surface area contributed by atoms with Crippen molar-refractivity contribution in [2.75, 3.05) is 67.8 Å². The van der Waals surface area contributed by atoms with Gasteiger partial charge in [0.2, 0.25) is 5.95 Å². The summed E-state index contributed by atoms with van der Waals surface area (Å²) < 4.78 is 17.3. The molecule has 0 atom stereocenters. The third kappa shape index (κ3) is 6.10. The predicted molar refractivity (Wildman–Crippen MR) is 154 cm³/mol. The fourth-order valence-electron chi connectivity index (χ4n) is 4.80. The molecule has 2 saturated heterocycles. The lowest BCUT2D eigenvalue weighted by Crippen LogP contribution is -2.39. The number of rotatable bonds is 8. The van der Waals surface area contributed by atoms with Crippen LogP contribution < -0.4 is 20.0 Å². The number of anilines is 3. The molecule has 2 aliphatic heterocycles. The van der Waals surface area contributed by atoms with Gasteiger partial charge in [0.15, 0.2) is 5.82 Å². The Morgan fingerprint density at radius 3 is 2.38 bits per heavy atom. The van der Waals surface area contributed by atoms with Crippen LogP contribution in [0.3, 0.4) is 0 Å². The number of benzene rings is 3. The van der Waals surface area contributed by atoms with Gasteiger partial charge in [0.25, 0.3) is 0 Å². The van der Waals surface area contributed by atoms with Gasteiger partial charge in [-0.3, -0.25) is 5.43 Å². The number of nitrogens with zero attached hydrogens (tertiary/aromatic N) is 5. The molecule has 2 fully saturated rings. The molecule has 39 heavy (non-hydrogen) atoms. The van der Waals surface area contributed by atoms with Crippen LogP contribution in [0.15, 0.2) is 77.9 Å². The van der Waals surface area contributed by atoms with Crippen molar-refractivity contribution in [3.63, 3.8) is 0 Å². The van der Waals surface area contributed by atoms with E-state index < -0.39 is 0 Å². The van der Waals surface area contributed by atoms with Gasteiger partial charge in [-0.2, -0.15) is 15.1 Å². The van der Waals surface area contributed by atoms with E-state index in [1.807, 2.05) is 30.3 Å². The summed E-state index contributed by atoms with van der Waals surface area (Å²) in [6, 6.07) is 24.5. The molecule has 3 heterocycles. The minimum Gasteiger partial charge on any atom is -0.488 e. The molecular formula is C30H32N6O3. The third-order valence-corrected chi connectivity index (χ3v) is 6.89. The largest absolute Gasteiger partial charge is 0.488 e. The van der Waals surface area contributed by atoms with Gasteiger partial charge in [0.1, 0.15) is 18.2 Å². The fourth-order valence-corrected chi connectivity index (χ4v) is 4.80. The number of fused-ring (bicyclic) bond motifs is 1. The zero-order chi connectivity index (χ0) is 26.3. The second kappa shape index (κ2) is 12.1. The van der Waals surface area contributed by atoms with E-state index in [4.69, 9.17) is 24.2 Å². The Kier molecular flexibility index (Phi) is 7.79. The van der Waals surface area contributed by atoms with Crippen LogP contribution in [0.2, 0.25) is 0 Å². The number of ether oxygens (including phenoxy) is 3. The van der Waals surface area contributed by atoms with E-state index in [1.165, 1.54) is 10.8 Å². The first kappa shape index (κ1) is 25.1. The highest BCUT2D eigenvalue weighted by atomic mass is 16.5. The van der Waals surface area contributed by atoms with Gasteiger partial charge in [0.05, 0.1) is 32.6 Å². The van der Waals surface area contributed by atoms with Gasteiger partial charge >= 0.3 is 0 Å². The normalized spacial score (nSPS) is 16.1. The summed E-state index contributed by atoms with van der Waals surface area (Å²) in [6.07, 6.45) is 1.77. The fraction of sp³-hybridized carbons (Fsp3) is 0.300. The lowest BCUT2D eigenvalue weighted by atomic mass is 10.1. The molecule has 0 unspecified atom stereocenters. The number of morpholine rings is 2. The van der Waals surface area contributed by atoms with Crippen LogP contribution in [0, 0.1) is 0 Å². The summed E-state index contributed by atoms with van der Waals surface area (Å²) in [5.41, 5.74) is 5.14. The Labute approximate surface area is 228 Å².